The molecule has 1 amide bonds. The number of phenols is 1. The predicted octanol–water partition coefficient (Wildman–Crippen LogP) is 1.06. The number of carbonyl (C=O) groups is 2. The Morgan fingerprint density at radius 3 is 2.80 bits per heavy atom. The van der Waals surface area contributed by atoms with Gasteiger partial charge < -0.3 is 15.5 Å². The molecule has 0 aliphatic rings. The van der Waals surface area contributed by atoms with E-state index in [0.717, 1.165) is 10.7 Å². The first kappa shape index (κ1) is 13.5. The van der Waals surface area contributed by atoms with E-state index >= 15 is 0 Å². The third-order valence-electron chi connectivity index (χ3n) is 2.41. The highest BCUT2D eigenvalue weighted by Gasteiger charge is 2.17. The fraction of sp³-hybridized carbons (Fsp3) is 0.0833. The van der Waals surface area contributed by atoms with Gasteiger partial charge in [-0.2, -0.15) is 5.10 Å². The standard InChI is InChI=1S/C12H10FN3O4/c13-8-2-1-3-9(17)11(8)12(20)15-7-4-14-16(5-7)6-10(18)19/h1-5,17H,6H2,(H,15,20)(H,18,19). The van der Waals surface area contributed by atoms with Crippen LogP contribution in [0.15, 0.2) is 30.6 Å². The molecule has 1 aromatic heterocycles. The molecule has 8 heteroatoms. The highest BCUT2D eigenvalue weighted by Crippen LogP contribution is 2.21. The SMILES string of the molecule is O=C(O)Cn1cc(NC(=O)c2c(O)cccc2F)cn1. The Kier molecular flexibility index (Phi) is 3.65. The molecule has 1 aromatic carbocycles. The molecular formula is C12H10FN3O4. The minimum atomic E-state index is -1.09. The zero-order valence-electron chi connectivity index (χ0n) is 10.1. The van der Waals surface area contributed by atoms with Gasteiger partial charge in [0.25, 0.3) is 5.91 Å². The molecule has 0 saturated carbocycles. The van der Waals surface area contributed by atoms with Gasteiger partial charge in [-0.25, -0.2) is 4.39 Å². The molecule has 0 fully saturated rings. The van der Waals surface area contributed by atoms with E-state index in [0.29, 0.717) is 0 Å². The zero-order chi connectivity index (χ0) is 14.7. The maximum Gasteiger partial charge on any atom is 0.325 e. The van der Waals surface area contributed by atoms with E-state index in [9.17, 15) is 19.1 Å². The van der Waals surface area contributed by atoms with Crippen molar-refractivity contribution < 1.29 is 24.2 Å². The molecule has 0 radical (unpaired) electrons. The molecular weight excluding hydrogens is 269 g/mol. The number of carboxylic acids is 1. The van der Waals surface area contributed by atoms with Gasteiger partial charge in [0.1, 0.15) is 23.7 Å². The Morgan fingerprint density at radius 2 is 2.15 bits per heavy atom. The van der Waals surface area contributed by atoms with Crippen LogP contribution in [0.1, 0.15) is 10.4 Å². The maximum atomic E-state index is 13.5. The molecule has 7 nitrogen and oxygen atoms in total. The Bertz CT molecular complexity index is 648. The second-order valence-corrected chi connectivity index (χ2v) is 3.91. The lowest BCUT2D eigenvalue weighted by molar-refractivity contribution is -0.137. The highest BCUT2D eigenvalue weighted by atomic mass is 19.1. The van der Waals surface area contributed by atoms with Crippen LogP contribution in [0.2, 0.25) is 0 Å². The first-order valence-corrected chi connectivity index (χ1v) is 5.50. The third-order valence-corrected chi connectivity index (χ3v) is 2.41. The number of phenolic OH excluding ortho intramolecular Hbond substituents is 1. The summed E-state index contributed by atoms with van der Waals surface area (Å²) in [6, 6.07) is 3.50. The van der Waals surface area contributed by atoms with Crippen molar-refractivity contribution >= 4 is 17.6 Å². The number of carboxylic acid groups (broad SMARTS) is 1. The van der Waals surface area contributed by atoms with Crippen LogP contribution in [0.3, 0.4) is 0 Å². The number of nitrogens with zero attached hydrogens (tertiary/aromatic N) is 2. The van der Waals surface area contributed by atoms with Gasteiger partial charge in [0.2, 0.25) is 0 Å². The molecule has 0 unspecified atom stereocenters. The monoisotopic (exact) mass is 279 g/mol. The van der Waals surface area contributed by atoms with E-state index in [1.165, 1.54) is 24.5 Å². The van der Waals surface area contributed by atoms with Crippen LogP contribution in [0.25, 0.3) is 0 Å². The number of halogens is 1. The number of aliphatic carboxylic acids is 1. The summed E-state index contributed by atoms with van der Waals surface area (Å²) in [6.07, 6.45) is 2.50. The molecule has 0 atom stereocenters. The average molecular weight is 279 g/mol. The van der Waals surface area contributed by atoms with Crippen molar-refractivity contribution in [2.45, 2.75) is 6.54 Å². The summed E-state index contributed by atoms with van der Waals surface area (Å²) in [7, 11) is 0. The fourth-order valence-corrected chi connectivity index (χ4v) is 1.58. The number of aromatic hydroxyl groups is 1. The number of nitrogens with one attached hydrogen (secondary N) is 1. The van der Waals surface area contributed by atoms with Crippen molar-refractivity contribution in [2.75, 3.05) is 5.32 Å². The molecule has 3 N–H and O–H groups in total. The first-order valence-electron chi connectivity index (χ1n) is 5.50. The number of carbonyl (C=O) groups excluding carboxylic acids is 1. The van der Waals surface area contributed by atoms with Crippen molar-refractivity contribution in [3.05, 3.63) is 42.0 Å². The minimum Gasteiger partial charge on any atom is -0.507 e. The molecule has 0 aliphatic heterocycles. The second kappa shape index (κ2) is 5.39. The van der Waals surface area contributed by atoms with Gasteiger partial charge in [-0.1, -0.05) is 6.07 Å². The number of hydrogen-bond acceptors (Lipinski definition) is 4. The molecule has 0 aliphatic carbocycles. The van der Waals surface area contributed by atoms with Crippen LogP contribution in [-0.4, -0.2) is 31.9 Å². The molecule has 0 bridgehead atoms. The molecule has 0 spiro atoms. The van der Waals surface area contributed by atoms with Crippen LogP contribution >= 0.6 is 0 Å². The summed E-state index contributed by atoms with van der Waals surface area (Å²) in [6.45, 7) is -0.360. The summed E-state index contributed by atoms with van der Waals surface area (Å²) in [4.78, 5) is 22.3. The van der Waals surface area contributed by atoms with Gasteiger partial charge in [0.05, 0.1) is 11.9 Å². The Morgan fingerprint density at radius 1 is 1.40 bits per heavy atom. The summed E-state index contributed by atoms with van der Waals surface area (Å²) >= 11 is 0. The topological polar surface area (TPSA) is 104 Å². The van der Waals surface area contributed by atoms with Gasteiger partial charge in [-0.3, -0.25) is 14.3 Å². The lowest BCUT2D eigenvalue weighted by Gasteiger charge is -2.05. The van der Waals surface area contributed by atoms with Gasteiger partial charge in [0.15, 0.2) is 0 Å². The lowest BCUT2D eigenvalue weighted by Crippen LogP contribution is -2.14. The molecule has 1 heterocycles. The Balaban J connectivity index is 2.16. The number of anilines is 1. The van der Waals surface area contributed by atoms with Crippen LogP contribution < -0.4 is 5.32 Å². The lowest BCUT2D eigenvalue weighted by atomic mass is 10.1. The van der Waals surface area contributed by atoms with Crippen molar-refractivity contribution in [3.8, 4) is 5.75 Å². The van der Waals surface area contributed by atoms with Gasteiger partial charge in [-0.05, 0) is 12.1 Å². The smallest absolute Gasteiger partial charge is 0.325 e. The van der Waals surface area contributed by atoms with Crippen molar-refractivity contribution in [1.82, 2.24) is 9.78 Å². The minimum absolute atomic E-state index is 0.193. The van der Waals surface area contributed by atoms with Gasteiger partial charge in [-0.15, -0.1) is 0 Å². The predicted molar refractivity (Wildman–Crippen MR) is 65.9 cm³/mol. The van der Waals surface area contributed by atoms with Crippen LogP contribution in [0.5, 0.6) is 5.75 Å². The molecule has 2 aromatic rings. The van der Waals surface area contributed by atoms with Gasteiger partial charge >= 0.3 is 5.97 Å². The molecule has 0 saturated heterocycles. The normalized spacial score (nSPS) is 10.2. The highest BCUT2D eigenvalue weighted by molar-refractivity contribution is 6.06. The first-order chi connectivity index (χ1) is 9.47. The van der Waals surface area contributed by atoms with Crippen LogP contribution in [0.4, 0.5) is 10.1 Å². The largest absolute Gasteiger partial charge is 0.507 e. The van der Waals surface area contributed by atoms with Crippen molar-refractivity contribution in [1.29, 1.82) is 0 Å². The fourth-order valence-electron chi connectivity index (χ4n) is 1.58. The Labute approximate surface area is 112 Å². The van der Waals surface area contributed by atoms with E-state index in [2.05, 4.69) is 10.4 Å². The van der Waals surface area contributed by atoms with E-state index in [1.54, 1.807) is 0 Å². The number of aromatic nitrogens is 2. The Hall–Kier alpha value is -2.90. The van der Waals surface area contributed by atoms with Crippen LogP contribution in [0, 0.1) is 5.82 Å². The number of hydrogen-bond donors (Lipinski definition) is 3. The number of rotatable bonds is 4. The molecule has 2 rings (SSSR count). The second-order valence-electron chi connectivity index (χ2n) is 3.91. The van der Waals surface area contributed by atoms with E-state index < -0.39 is 29.0 Å². The third kappa shape index (κ3) is 2.91. The summed E-state index contributed by atoms with van der Waals surface area (Å²) in [5, 5.41) is 24.1. The zero-order valence-corrected chi connectivity index (χ0v) is 10.1. The van der Waals surface area contributed by atoms with Gasteiger partial charge in [0, 0.05) is 6.20 Å². The quantitative estimate of drug-likeness (QED) is 0.776. The van der Waals surface area contributed by atoms with Crippen molar-refractivity contribution in [3.63, 3.8) is 0 Å². The van der Waals surface area contributed by atoms with E-state index in [-0.39, 0.29) is 12.2 Å². The average Bonchev–Trinajstić information content (AvgIpc) is 2.75. The number of benzene rings is 1. The van der Waals surface area contributed by atoms with Crippen molar-refractivity contribution in [2.24, 2.45) is 0 Å². The molecule has 20 heavy (non-hydrogen) atoms. The summed E-state index contributed by atoms with van der Waals surface area (Å²) in [5.41, 5.74) is -0.294. The maximum absolute atomic E-state index is 13.5. The molecule has 104 valence electrons. The number of amides is 1. The van der Waals surface area contributed by atoms with E-state index in [4.69, 9.17) is 5.11 Å². The summed E-state index contributed by atoms with van der Waals surface area (Å²) in [5.74, 6) is -3.28. The summed E-state index contributed by atoms with van der Waals surface area (Å²) < 4.78 is 14.6. The van der Waals surface area contributed by atoms with Crippen LogP contribution in [-0.2, 0) is 11.3 Å². The van der Waals surface area contributed by atoms with E-state index in [1.807, 2.05) is 0 Å².